The van der Waals surface area contributed by atoms with Crippen LogP contribution in [0.5, 0.6) is 0 Å². The number of benzene rings is 1. The number of hydrogen-bond donors (Lipinski definition) is 2. The standard InChI is InChI=1S/C23H23F3N2O3S2/c24-23(25,26)16-5-3-13(4-6-16)1-2-14-7-15(8-14)19(31)9-20-28-18(12-32-20)22-17(10-29)27-21(11-30)33-22/h3-6,12,14-15,29-30H,1-2,7-11H2. The number of thiazole rings is 2. The van der Waals surface area contributed by atoms with Crippen molar-refractivity contribution in [3.8, 4) is 10.6 Å². The first-order valence-corrected chi connectivity index (χ1v) is 12.3. The van der Waals surface area contributed by atoms with E-state index in [0.29, 0.717) is 38.6 Å². The molecule has 1 saturated carbocycles. The van der Waals surface area contributed by atoms with Gasteiger partial charge in [-0.25, -0.2) is 9.97 Å². The molecule has 4 rings (SSSR count). The first kappa shape index (κ1) is 24.0. The third-order valence-corrected chi connectivity index (χ3v) is 7.90. The average molecular weight is 497 g/mol. The third-order valence-electron chi connectivity index (χ3n) is 5.95. The fraction of sp³-hybridized carbons (Fsp3) is 0.435. The Kier molecular flexibility index (Phi) is 7.28. The Morgan fingerprint density at radius 2 is 1.79 bits per heavy atom. The molecule has 2 aromatic heterocycles. The van der Waals surface area contributed by atoms with Crippen LogP contribution in [-0.2, 0) is 37.0 Å². The smallest absolute Gasteiger partial charge is 0.390 e. The predicted octanol–water partition coefficient (Wildman–Crippen LogP) is 5.04. The number of aliphatic hydroxyl groups excluding tert-OH is 2. The minimum Gasteiger partial charge on any atom is -0.390 e. The number of halogens is 3. The zero-order valence-electron chi connectivity index (χ0n) is 17.6. The molecule has 10 heteroatoms. The summed E-state index contributed by atoms with van der Waals surface area (Å²) in [6.07, 6.45) is -0.873. The van der Waals surface area contributed by atoms with E-state index in [0.717, 1.165) is 37.0 Å². The number of hydrogen-bond acceptors (Lipinski definition) is 7. The van der Waals surface area contributed by atoms with Gasteiger partial charge in [0.1, 0.15) is 15.8 Å². The van der Waals surface area contributed by atoms with Crippen molar-refractivity contribution in [2.45, 2.75) is 51.5 Å². The molecule has 1 aliphatic carbocycles. The molecule has 176 valence electrons. The van der Waals surface area contributed by atoms with Crippen molar-refractivity contribution in [3.63, 3.8) is 0 Å². The predicted molar refractivity (Wildman–Crippen MR) is 120 cm³/mol. The lowest BCUT2D eigenvalue weighted by Crippen LogP contribution is -2.31. The summed E-state index contributed by atoms with van der Waals surface area (Å²) >= 11 is 2.67. The van der Waals surface area contributed by atoms with Crippen LogP contribution in [0.15, 0.2) is 29.6 Å². The molecule has 0 spiro atoms. The molecule has 1 aromatic carbocycles. The highest BCUT2D eigenvalue weighted by Gasteiger charge is 2.34. The van der Waals surface area contributed by atoms with Gasteiger partial charge in [-0.3, -0.25) is 4.79 Å². The van der Waals surface area contributed by atoms with Crippen LogP contribution in [0.4, 0.5) is 13.2 Å². The summed E-state index contributed by atoms with van der Waals surface area (Å²) in [6.45, 7) is -0.442. The lowest BCUT2D eigenvalue weighted by atomic mass is 9.70. The van der Waals surface area contributed by atoms with Gasteiger partial charge in [0.15, 0.2) is 0 Å². The van der Waals surface area contributed by atoms with Crippen molar-refractivity contribution in [3.05, 3.63) is 56.5 Å². The summed E-state index contributed by atoms with van der Waals surface area (Å²) in [5, 5.41) is 21.8. The van der Waals surface area contributed by atoms with Gasteiger partial charge in [0.2, 0.25) is 0 Å². The summed E-state index contributed by atoms with van der Waals surface area (Å²) in [5.74, 6) is 0.575. The van der Waals surface area contributed by atoms with E-state index in [4.69, 9.17) is 0 Å². The molecule has 3 aromatic rings. The number of alkyl halides is 3. The van der Waals surface area contributed by atoms with Crippen LogP contribution in [0.25, 0.3) is 10.6 Å². The van der Waals surface area contributed by atoms with Gasteiger partial charge >= 0.3 is 6.18 Å². The van der Waals surface area contributed by atoms with Crippen LogP contribution in [0.2, 0.25) is 0 Å². The van der Waals surface area contributed by atoms with E-state index >= 15 is 0 Å². The first-order chi connectivity index (χ1) is 15.8. The monoisotopic (exact) mass is 496 g/mol. The van der Waals surface area contributed by atoms with Crippen molar-refractivity contribution < 1.29 is 28.2 Å². The molecule has 2 N–H and O–H groups in total. The van der Waals surface area contributed by atoms with Crippen LogP contribution in [0, 0.1) is 11.8 Å². The van der Waals surface area contributed by atoms with Crippen LogP contribution in [-0.4, -0.2) is 26.0 Å². The quantitative estimate of drug-likeness (QED) is 0.434. The Morgan fingerprint density at radius 3 is 2.42 bits per heavy atom. The Hall–Kier alpha value is -2.14. The number of rotatable bonds is 9. The number of aliphatic hydroxyl groups is 2. The molecule has 1 fully saturated rings. The van der Waals surface area contributed by atoms with E-state index in [1.165, 1.54) is 34.8 Å². The van der Waals surface area contributed by atoms with Gasteiger partial charge in [-0.15, -0.1) is 22.7 Å². The molecule has 0 aliphatic heterocycles. The number of nitrogens with zero attached hydrogens (tertiary/aromatic N) is 2. The van der Waals surface area contributed by atoms with E-state index < -0.39 is 11.7 Å². The second-order valence-electron chi connectivity index (χ2n) is 8.24. The normalized spacial score (nSPS) is 18.3. The maximum Gasteiger partial charge on any atom is 0.416 e. The van der Waals surface area contributed by atoms with E-state index in [2.05, 4.69) is 9.97 Å². The minimum atomic E-state index is -4.32. The second kappa shape index (κ2) is 10.0. The minimum absolute atomic E-state index is 0.00681. The molecule has 5 nitrogen and oxygen atoms in total. The van der Waals surface area contributed by atoms with Crippen LogP contribution < -0.4 is 0 Å². The van der Waals surface area contributed by atoms with E-state index in [1.807, 2.05) is 5.38 Å². The van der Waals surface area contributed by atoms with Crippen molar-refractivity contribution >= 4 is 28.5 Å². The largest absolute Gasteiger partial charge is 0.416 e. The fourth-order valence-corrected chi connectivity index (χ4v) is 5.79. The third kappa shape index (κ3) is 5.68. The Bertz CT molecular complexity index is 1100. The van der Waals surface area contributed by atoms with Gasteiger partial charge in [-0.2, -0.15) is 13.2 Å². The topological polar surface area (TPSA) is 83.3 Å². The van der Waals surface area contributed by atoms with Gasteiger partial charge in [0, 0.05) is 11.3 Å². The Balaban J connectivity index is 1.25. The molecule has 0 saturated heterocycles. The lowest BCUT2D eigenvalue weighted by Gasteiger charge is -2.34. The summed E-state index contributed by atoms with van der Waals surface area (Å²) in [6, 6.07) is 5.29. The fourth-order valence-electron chi connectivity index (χ4n) is 4.03. The number of aryl methyl sites for hydroxylation is 1. The van der Waals surface area contributed by atoms with Gasteiger partial charge in [0.25, 0.3) is 0 Å². The highest BCUT2D eigenvalue weighted by Crippen LogP contribution is 2.39. The molecule has 1 aliphatic rings. The van der Waals surface area contributed by atoms with E-state index in [1.54, 1.807) is 0 Å². The van der Waals surface area contributed by atoms with Gasteiger partial charge in [-0.1, -0.05) is 12.1 Å². The summed E-state index contributed by atoms with van der Waals surface area (Å²) < 4.78 is 38.0. The van der Waals surface area contributed by atoms with Crippen LogP contribution in [0.3, 0.4) is 0 Å². The molecule has 0 radical (unpaired) electrons. The molecule has 33 heavy (non-hydrogen) atoms. The number of aromatic nitrogens is 2. The Labute approximate surface area is 197 Å². The van der Waals surface area contributed by atoms with E-state index in [-0.39, 0.29) is 31.3 Å². The maximum absolute atomic E-state index is 12.7. The SMILES string of the molecule is O=C(Cc1nc(-c2sc(CO)nc2CO)cs1)C1CC(CCc2ccc(C(F)(F)F)cc2)C1. The molecular formula is C23H23F3N2O3S2. The van der Waals surface area contributed by atoms with Crippen LogP contribution in [0.1, 0.15) is 46.1 Å². The van der Waals surface area contributed by atoms with Crippen molar-refractivity contribution in [2.75, 3.05) is 0 Å². The van der Waals surface area contributed by atoms with Gasteiger partial charge in [-0.05, 0) is 49.3 Å². The van der Waals surface area contributed by atoms with Crippen molar-refractivity contribution in [2.24, 2.45) is 11.8 Å². The summed E-state index contributed by atoms with van der Waals surface area (Å²) in [5.41, 5.74) is 1.37. The first-order valence-electron chi connectivity index (χ1n) is 10.6. The second-order valence-corrected chi connectivity index (χ2v) is 10.3. The van der Waals surface area contributed by atoms with Gasteiger partial charge in [0.05, 0.1) is 41.5 Å². The maximum atomic E-state index is 12.7. The average Bonchev–Trinajstić information content (AvgIpc) is 3.38. The zero-order valence-corrected chi connectivity index (χ0v) is 19.3. The molecule has 0 amide bonds. The molecule has 0 bridgehead atoms. The number of carbonyl (C=O) groups excluding carboxylic acids is 1. The summed E-state index contributed by atoms with van der Waals surface area (Å²) in [4.78, 5) is 22.1. The molecule has 2 heterocycles. The number of Topliss-reactive ketones (excluding diaryl/α,β-unsaturated/α-hetero) is 1. The number of carbonyl (C=O) groups is 1. The Morgan fingerprint density at radius 1 is 1.06 bits per heavy atom. The molecular weight excluding hydrogens is 473 g/mol. The highest BCUT2D eigenvalue weighted by atomic mass is 32.1. The van der Waals surface area contributed by atoms with Crippen molar-refractivity contribution in [1.29, 1.82) is 0 Å². The van der Waals surface area contributed by atoms with Gasteiger partial charge < -0.3 is 10.2 Å². The lowest BCUT2D eigenvalue weighted by molar-refractivity contribution is -0.137. The van der Waals surface area contributed by atoms with Crippen molar-refractivity contribution in [1.82, 2.24) is 9.97 Å². The molecule has 0 unspecified atom stereocenters. The van der Waals surface area contributed by atoms with Crippen LogP contribution >= 0.6 is 22.7 Å². The number of ketones is 1. The molecule has 0 atom stereocenters. The van der Waals surface area contributed by atoms with E-state index in [9.17, 15) is 28.2 Å². The zero-order chi connectivity index (χ0) is 23.6. The summed E-state index contributed by atoms with van der Waals surface area (Å²) in [7, 11) is 0. The highest BCUT2D eigenvalue weighted by molar-refractivity contribution is 7.16.